The first-order valence-electron chi connectivity index (χ1n) is 8.35. The molecular formula is C18H28N2O2. The molecule has 0 unspecified atom stereocenters. The fourth-order valence-corrected chi connectivity index (χ4v) is 3.21. The van der Waals surface area contributed by atoms with E-state index in [0.29, 0.717) is 6.42 Å². The van der Waals surface area contributed by atoms with E-state index in [1.165, 1.54) is 5.56 Å². The number of benzene rings is 1. The lowest BCUT2D eigenvalue weighted by molar-refractivity contribution is -0.135. The molecule has 4 nitrogen and oxygen atoms in total. The van der Waals surface area contributed by atoms with Crippen LogP contribution >= 0.6 is 0 Å². The van der Waals surface area contributed by atoms with E-state index in [0.717, 1.165) is 45.4 Å². The molecule has 0 aromatic heterocycles. The standard InChI is InChI=1S/C18H28N2O2/c1-2-11-19-17(22)18(10-14-21)8-12-20(13-9-18)15-16-6-4-3-5-7-16/h3-7,21H,2,8-15H2,1H3,(H,19,22). The number of nitrogens with zero attached hydrogens (tertiary/aromatic N) is 1. The minimum Gasteiger partial charge on any atom is -0.396 e. The van der Waals surface area contributed by atoms with Gasteiger partial charge in [0.1, 0.15) is 0 Å². The van der Waals surface area contributed by atoms with Crippen LogP contribution in [0.4, 0.5) is 0 Å². The van der Waals surface area contributed by atoms with Gasteiger partial charge in [-0.1, -0.05) is 37.3 Å². The summed E-state index contributed by atoms with van der Waals surface area (Å²) in [4.78, 5) is 14.9. The molecule has 4 heteroatoms. The van der Waals surface area contributed by atoms with Crippen LogP contribution in [0.1, 0.15) is 38.2 Å². The lowest BCUT2D eigenvalue weighted by Gasteiger charge is -2.40. The highest BCUT2D eigenvalue weighted by atomic mass is 16.3. The van der Waals surface area contributed by atoms with Gasteiger partial charge in [0.15, 0.2) is 0 Å². The van der Waals surface area contributed by atoms with Crippen LogP contribution in [-0.4, -0.2) is 42.2 Å². The SMILES string of the molecule is CCCNC(=O)C1(CCO)CCN(Cc2ccccc2)CC1. The van der Waals surface area contributed by atoms with E-state index >= 15 is 0 Å². The van der Waals surface area contributed by atoms with Crippen molar-refractivity contribution >= 4 is 5.91 Å². The molecule has 1 heterocycles. The van der Waals surface area contributed by atoms with Crippen LogP contribution < -0.4 is 5.32 Å². The summed E-state index contributed by atoms with van der Waals surface area (Å²) in [6.45, 7) is 5.62. The summed E-state index contributed by atoms with van der Waals surface area (Å²) < 4.78 is 0. The zero-order chi connectivity index (χ0) is 15.8. The summed E-state index contributed by atoms with van der Waals surface area (Å²) in [5.74, 6) is 0.128. The number of carbonyl (C=O) groups is 1. The number of hydrogen-bond donors (Lipinski definition) is 2. The van der Waals surface area contributed by atoms with E-state index in [-0.39, 0.29) is 17.9 Å². The van der Waals surface area contributed by atoms with Gasteiger partial charge < -0.3 is 10.4 Å². The number of aliphatic hydroxyl groups is 1. The fourth-order valence-electron chi connectivity index (χ4n) is 3.21. The zero-order valence-corrected chi connectivity index (χ0v) is 13.6. The van der Waals surface area contributed by atoms with Gasteiger partial charge in [0.05, 0.1) is 5.41 Å². The zero-order valence-electron chi connectivity index (χ0n) is 13.6. The Balaban J connectivity index is 1.93. The van der Waals surface area contributed by atoms with Gasteiger partial charge in [-0.05, 0) is 44.3 Å². The molecule has 0 bridgehead atoms. The molecule has 0 aliphatic carbocycles. The van der Waals surface area contributed by atoms with Crippen molar-refractivity contribution in [3.63, 3.8) is 0 Å². The molecule has 0 atom stereocenters. The molecule has 122 valence electrons. The highest BCUT2D eigenvalue weighted by molar-refractivity contribution is 5.82. The van der Waals surface area contributed by atoms with E-state index in [9.17, 15) is 9.90 Å². The van der Waals surface area contributed by atoms with E-state index in [2.05, 4.69) is 41.4 Å². The second-order valence-corrected chi connectivity index (χ2v) is 6.27. The van der Waals surface area contributed by atoms with Crippen molar-refractivity contribution in [1.82, 2.24) is 10.2 Å². The first-order valence-corrected chi connectivity index (χ1v) is 8.35. The maximum absolute atomic E-state index is 12.5. The van der Waals surface area contributed by atoms with Crippen molar-refractivity contribution in [1.29, 1.82) is 0 Å². The molecule has 1 aromatic rings. The minimum atomic E-state index is -0.378. The van der Waals surface area contributed by atoms with Crippen LogP contribution in [0, 0.1) is 5.41 Å². The number of hydrogen-bond acceptors (Lipinski definition) is 3. The van der Waals surface area contributed by atoms with Crippen molar-refractivity contribution in [2.45, 2.75) is 39.2 Å². The molecule has 2 rings (SSSR count). The summed E-state index contributed by atoms with van der Waals surface area (Å²) in [5.41, 5.74) is 0.935. The van der Waals surface area contributed by atoms with Crippen molar-refractivity contribution < 1.29 is 9.90 Å². The molecule has 1 saturated heterocycles. The maximum atomic E-state index is 12.5. The molecule has 1 aliphatic heterocycles. The van der Waals surface area contributed by atoms with Gasteiger partial charge in [-0.2, -0.15) is 0 Å². The number of aliphatic hydroxyl groups excluding tert-OH is 1. The topological polar surface area (TPSA) is 52.6 Å². The third-order valence-corrected chi connectivity index (χ3v) is 4.67. The Morgan fingerprint density at radius 3 is 2.55 bits per heavy atom. The lowest BCUT2D eigenvalue weighted by atomic mass is 9.75. The van der Waals surface area contributed by atoms with Crippen LogP contribution in [0.2, 0.25) is 0 Å². The number of piperidine rings is 1. The monoisotopic (exact) mass is 304 g/mol. The highest BCUT2D eigenvalue weighted by Crippen LogP contribution is 2.35. The molecule has 1 fully saturated rings. The van der Waals surface area contributed by atoms with Gasteiger partial charge >= 0.3 is 0 Å². The van der Waals surface area contributed by atoms with Crippen molar-refractivity contribution in [2.75, 3.05) is 26.2 Å². The second kappa shape index (κ2) is 8.30. The van der Waals surface area contributed by atoms with Crippen LogP contribution in [0.15, 0.2) is 30.3 Å². The second-order valence-electron chi connectivity index (χ2n) is 6.27. The summed E-state index contributed by atoms with van der Waals surface area (Å²) in [6, 6.07) is 10.4. The van der Waals surface area contributed by atoms with Gasteiger partial charge in [0, 0.05) is 19.7 Å². The van der Waals surface area contributed by atoms with E-state index < -0.39 is 0 Å². The molecule has 0 radical (unpaired) electrons. The molecular weight excluding hydrogens is 276 g/mol. The molecule has 1 aliphatic rings. The highest BCUT2D eigenvalue weighted by Gasteiger charge is 2.40. The molecule has 1 aromatic carbocycles. The Bertz CT molecular complexity index is 453. The third kappa shape index (κ3) is 4.31. The molecule has 2 N–H and O–H groups in total. The molecule has 0 spiro atoms. The summed E-state index contributed by atoms with van der Waals surface area (Å²) in [5, 5.41) is 12.4. The Hall–Kier alpha value is -1.39. The fraction of sp³-hybridized carbons (Fsp3) is 0.611. The van der Waals surface area contributed by atoms with E-state index in [1.807, 2.05) is 6.07 Å². The average molecular weight is 304 g/mol. The molecule has 1 amide bonds. The number of carbonyl (C=O) groups excluding carboxylic acids is 1. The van der Waals surface area contributed by atoms with Crippen LogP contribution in [-0.2, 0) is 11.3 Å². The number of nitrogens with one attached hydrogen (secondary N) is 1. The Morgan fingerprint density at radius 1 is 1.27 bits per heavy atom. The van der Waals surface area contributed by atoms with Gasteiger partial charge in [-0.25, -0.2) is 0 Å². The summed E-state index contributed by atoms with van der Waals surface area (Å²) in [7, 11) is 0. The Morgan fingerprint density at radius 2 is 1.95 bits per heavy atom. The Kier molecular flexibility index (Phi) is 6.40. The molecule has 0 saturated carbocycles. The third-order valence-electron chi connectivity index (χ3n) is 4.67. The van der Waals surface area contributed by atoms with Crippen molar-refractivity contribution in [3.05, 3.63) is 35.9 Å². The predicted molar refractivity (Wildman–Crippen MR) is 88.4 cm³/mol. The number of likely N-dealkylation sites (tertiary alicyclic amines) is 1. The average Bonchev–Trinajstić information content (AvgIpc) is 2.55. The molecule has 22 heavy (non-hydrogen) atoms. The number of rotatable bonds is 7. The number of amides is 1. The van der Waals surface area contributed by atoms with Gasteiger partial charge in [-0.15, -0.1) is 0 Å². The summed E-state index contributed by atoms with van der Waals surface area (Å²) in [6.07, 6.45) is 3.18. The lowest BCUT2D eigenvalue weighted by Crippen LogP contribution is -2.49. The van der Waals surface area contributed by atoms with Gasteiger partial charge in [0.2, 0.25) is 5.91 Å². The first-order chi connectivity index (χ1) is 10.7. The quantitative estimate of drug-likeness (QED) is 0.812. The smallest absolute Gasteiger partial charge is 0.226 e. The predicted octanol–water partition coefficient (Wildman–Crippen LogP) is 2.18. The Labute approximate surface area is 133 Å². The van der Waals surface area contributed by atoms with E-state index in [1.54, 1.807) is 0 Å². The van der Waals surface area contributed by atoms with E-state index in [4.69, 9.17) is 0 Å². The summed E-state index contributed by atoms with van der Waals surface area (Å²) >= 11 is 0. The maximum Gasteiger partial charge on any atom is 0.226 e. The van der Waals surface area contributed by atoms with Crippen molar-refractivity contribution in [2.24, 2.45) is 5.41 Å². The normalized spacial score (nSPS) is 18.1. The van der Waals surface area contributed by atoms with Gasteiger partial charge in [0.25, 0.3) is 0 Å². The largest absolute Gasteiger partial charge is 0.396 e. The van der Waals surface area contributed by atoms with Gasteiger partial charge in [-0.3, -0.25) is 9.69 Å². The van der Waals surface area contributed by atoms with Crippen molar-refractivity contribution in [3.8, 4) is 0 Å². The van der Waals surface area contributed by atoms with Crippen LogP contribution in [0.25, 0.3) is 0 Å². The van der Waals surface area contributed by atoms with Crippen LogP contribution in [0.3, 0.4) is 0 Å². The first kappa shape index (κ1) is 17.0. The van der Waals surface area contributed by atoms with Crippen LogP contribution in [0.5, 0.6) is 0 Å². The minimum absolute atomic E-state index is 0.0816.